The van der Waals surface area contributed by atoms with Crippen molar-refractivity contribution in [3.8, 4) is 11.5 Å². The van der Waals surface area contributed by atoms with Crippen LogP contribution in [0.3, 0.4) is 0 Å². The molecule has 7 heteroatoms. The maximum Gasteiger partial charge on any atom is 0.303 e. The minimum atomic E-state index is -0.928. The first-order valence-electron chi connectivity index (χ1n) is 9.58. The molecule has 162 valence electrons. The third kappa shape index (κ3) is 5.17. The summed E-state index contributed by atoms with van der Waals surface area (Å²) in [4.78, 5) is 24.1. The van der Waals surface area contributed by atoms with Crippen molar-refractivity contribution in [3.05, 3.63) is 70.2 Å². The lowest BCUT2D eigenvalue weighted by molar-refractivity contribution is -0.167. The van der Waals surface area contributed by atoms with Crippen LogP contribution in [0.5, 0.6) is 11.5 Å². The molecule has 2 atom stereocenters. The van der Waals surface area contributed by atoms with Crippen LogP contribution >= 0.6 is 15.9 Å². The molecule has 0 bridgehead atoms. The predicted octanol–water partition coefficient (Wildman–Crippen LogP) is 5.53. The van der Waals surface area contributed by atoms with Crippen LogP contribution in [0.25, 0.3) is 10.8 Å². The van der Waals surface area contributed by atoms with Crippen molar-refractivity contribution in [1.82, 2.24) is 0 Å². The largest absolute Gasteiger partial charge is 0.497 e. The van der Waals surface area contributed by atoms with Crippen LogP contribution in [0.1, 0.15) is 37.2 Å². The van der Waals surface area contributed by atoms with Gasteiger partial charge in [0.1, 0.15) is 11.5 Å². The summed E-state index contributed by atoms with van der Waals surface area (Å²) < 4.78 is 22.9. The quantitative estimate of drug-likeness (QED) is 0.409. The molecule has 3 aromatic carbocycles. The second-order valence-electron chi connectivity index (χ2n) is 6.90. The molecule has 0 unspecified atom stereocenters. The summed E-state index contributed by atoms with van der Waals surface area (Å²) in [7, 11) is 3.06. The van der Waals surface area contributed by atoms with E-state index in [0.717, 1.165) is 15.2 Å². The Bertz CT molecular complexity index is 1090. The number of halogens is 1. The van der Waals surface area contributed by atoms with E-state index in [1.54, 1.807) is 18.2 Å². The van der Waals surface area contributed by atoms with Crippen LogP contribution in [0.15, 0.2) is 59.1 Å². The highest BCUT2D eigenvalue weighted by atomic mass is 79.9. The van der Waals surface area contributed by atoms with E-state index >= 15 is 0 Å². The van der Waals surface area contributed by atoms with Gasteiger partial charge in [0.15, 0.2) is 12.2 Å². The van der Waals surface area contributed by atoms with Gasteiger partial charge in [-0.2, -0.15) is 0 Å². The van der Waals surface area contributed by atoms with Gasteiger partial charge in [-0.1, -0.05) is 36.4 Å². The van der Waals surface area contributed by atoms with Crippen molar-refractivity contribution in [2.24, 2.45) is 0 Å². The van der Waals surface area contributed by atoms with Gasteiger partial charge in [0, 0.05) is 35.5 Å². The molecule has 3 aromatic rings. The zero-order valence-electron chi connectivity index (χ0n) is 17.7. The predicted molar refractivity (Wildman–Crippen MR) is 120 cm³/mol. The molecule has 0 aromatic heterocycles. The molecule has 0 aliphatic carbocycles. The van der Waals surface area contributed by atoms with Gasteiger partial charge in [0.05, 0.1) is 14.2 Å². The number of esters is 2. The molecule has 31 heavy (non-hydrogen) atoms. The van der Waals surface area contributed by atoms with E-state index in [1.165, 1.54) is 28.1 Å². The van der Waals surface area contributed by atoms with Crippen molar-refractivity contribution in [1.29, 1.82) is 0 Å². The summed E-state index contributed by atoms with van der Waals surface area (Å²) in [5.74, 6) is 0.0224. The molecule has 6 nitrogen and oxygen atoms in total. The lowest BCUT2D eigenvalue weighted by atomic mass is 9.95. The molecule has 0 spiro atoms. The third-order valence-electron chi connectivity index (χ3n) is 4.76. The SMILES string of the molecule is COc1cc(OC)cc([C@@H](OC(C)=O)[C@H](OC(C)=O)c2ccc3ccccc3c2Br)c1. The second-order valence-corrected chi connectivity index (χ2v) is 7.69. The molecular weight excluding hydrogens is 464 g/mol. The monoisotopic (exact) mass is 486 g/mol. The molecule has 0 amide bonds. The Labute approximate surface area is 189 Å². The van der Waals surface area contributed by atoms with Crippen LogP contribution in [0.4, 0.5) is 0 Å². The van der Waals surface area contributed by atoms with Crippen LogP contribution in [-0.2, 0) is 19.1 Å². The first-order chi connectivity index (χ1) is 14.8. The number of ether oxygens (including phenoxy) is 4. The minimum absolute atomic E-state index is 0.503. The highest BCUT2D eigenvalue weighted by Gasteiger charge is 2.33. The van der Waals surface area contributed by atoms with Crippen molar-refractivity contribution in [3.63, 3.8) is 0 Å². The fourth-order valence-electron chi connectivity index (χ4n) is 3.41. The fourth-order valence-corrected chi connectivity index (χ4v) is 4.13. The van der Waals surface area contributed by atoms with Gasteiger partial charge in [0.25, 0.3) is 0 Å². The summed E-state index contributed by atoms with van der Waals surface area (Å²) in [6.07, 6.45) is -1.83. The topological polar surface area (TPSA) is 71.1 Å². The molecule has 0 N–H and O–H groups in total. The van der Waals surface area contributed by atoms with Crippen molar-refractivity contribution >= 4 is 38.6 Å². The second kappa shape index (κ2) is 9.83. The van der Waals surface area contributed by atoms with E-state index in [1.807, 2.05) is 36.4 Å². The summed E-state index contributed by atoms with van der Waals surface area (Å²) in [6, 6.07) is 16.8. The van der Waals surface area contributed by atoms with Crippen molar-refractivity contribution in [2.45, 2.75) is 26.1 Å². The molecular formula is C24H23BrO6. The molecule has 0 fully saturated rings. The standard InChI is InChI=1S/C24H23BrO6/c1-14(26)30-23(17-11-18(28-3)13-19(12-17)29-4)24(31-15(2)27)21-10-9-16-7-5-6-8-20(16)22(21)25/h5-13,23-24H,1-4H3/t23-,24-/m1/s1. The van der Waals surface area contributed by atoms with Crippen molar-refractivity contribution in [2.75, 3.05) is 14.2 Å². The molecule has 3 rings (SSSR count). The van der Waals surface area contributed by atoms with Gasteiger partial charge in [-0.25, -0.2) is 0 Å². The van der Waals surface area contributed by atoms with Crippen LogP contribution in [0, 0.1) is 0 Å². The molecule has 0 saturated carbocycles. The Balaban J connectivity index is 2.21. The highest BCUT2D eigenvalue weighted by Crippen LogP contribution is 2.42. The highest BCUT2D eigenvalue weighted by molar-refractivity contribution is 9.10. The van der Waals surface area contributed by atoms with Gasteiger partial charge in [0.2, 0.25) is 0 Å². The number of benzene rings is 3. The number of fused-ring (bicyclic) bond motifs is 1. The van der Waals surface area contributed by atoms with Gasteiger partial charge in [-0.3, -0.25) is 9.59 Å². The number of carbonyl (C=O) groups is 2. The number of hydrogen-bond donors (Lipinski definition) is 0. The minimum Gasteiger partial charge on any atom is -0.497 e. The van der Waals surface area contributed by atoms with E-state index in [-0.39, 0.29) is 0 Å². The smallest absolute Gasteiger partial charge is 0.303 e. The Morgan fingerprint density at radius 2 is 1.39 bits per heavy atom. The molecule has 0 radical (unpaired) electrons. The molecule has 0 saturated heterocycles. The average molecular weight is 487 g/mol. The van der Waals surface area contributed by atoms with Gasteiger partial charge < -0.3 is 18.9 Å². The maximum absolute atomic E-state index is 12.0. The normalized spacial score (nSPS) is 12.7. The first kappa shape index (κ1) is 22.6. The van der Waals surface area contributed by atoms with Crippen LogP contribution < -0.4 is 9.47 Å². The number of hydrogen-bond acceptors (Lipinski definition) is 6. The summed E-state index contributed by atoms with van der Waals surface area (Å²) in [6.45, 7) is 2.63. The zero-order chi connectivity index (χ0) is 22.5. The lowest BCUT2D eigenvalue weighted by Gasteiger charge is -2.28. The maximum atomic E-state index is 12.0. The van der Waals surface area contributed by atoms with Crippen molar-refractivity contribution < 1.29 is 28.5 Å². The third-order valence-corrected chi connectivity index (χ3v) is 5.65. The Morgan fingerprint density at radius 1 is 0.806 bits per heavy atom. The molecule has 0 aliphatic heterocycles. The van der Waals surface area contributed by atoms with Gasteiger partial charge in [-0.15, -0.1) is 0 Å². The lowest BCUT2D eigenvalue weighted by Crippen LogP contribution is -2.22. The summed E-state index contributed by atoms with van der Waals surface area (Å²) in [5.41, 5.74) is 1.24. The van der Waals surface area contributed by atoms with Gasteiger partial charge in [-0.05, 0) is 38.8 Å². The fraction of sp³-hybridized carbons (Fsp3) is 0.250. The zero-order valence-corrected chi connectivity index (χ0v) is 19.3. The summed E-state index contributed by atoms with van der Waals surface area (Å²) >= 11 is 3.65. The first-order valence-corrected chi connectivity index (χ1v) is 10.4. The van der Waals surface area contributed by atoms with E-state index in [2.05, 4.69) is 15.9 Å². The van der Waals surface area contributed by atoms with Crippen LogP contribution in [0.2, 0.25) is 0 Å². The summed E-state index contributed by atoms with van der Waals surface area (Å²) in [5, 5.41) is 1.97. The molecule has 0 aliphatic rings. The Morgan fingerprint density at radius 3 is 1.97 bits per heavy atom. The van der Waals surface area contributed by atoms with E-state index < -0.39 is 24.1 Å². The van der Waals surface area contributed by atoms with E-state index in [9.17, 15) is 9.59 Å². The number of rotatable bonds is 7. The molecule has 0 heterocycles. The number of carbonyl (C=O) groups excluding carboxylic acids is 2. The number of methoxy groups -OCH3 is 2. The van der Waals surface area contributed by atoms with Gasteiger partial charge >= 0.3 is 11.9 Å². The average Bonchev–Trinajstić information content (AvgIpc) is 2.76. The van der Waals surface area contributed by atoms with E-state index in [4.69, 9.17) is 18.9 Å². The Kier molecular flexibility index (Phi) is 7.17. The van der Waals surface area contributed by atoms with E-state index in [0.29, 0.717) is 22.6 Å². The Hall–Kier alpha value is -3.06. The van der Waals surface area contributed by atoms with Crippen LogP contribution in [-0.4, -0.2) is 26.2 Å².